The number of hydrogen-bond donors (Lipinski definition) is 1. The van der Waals surface area contributed by atoms with Crippen molar-refractivity contribution in [2.75, 3.05) is 0 Å². The lowest BCUT2D eigenvalue weighted by atomic mass is 10.1. The highest BCUT2D eigenvalue weighted by molar-refractivity contribution is 5.87. The summed E-state index contributed by atoms with van der Waals surface area (Å²) < 4.78 is 4.96. The standard InChI is InChI=1S/C12H11N3O3/c16-12(17)8-1-2-9-4-15(5-10(9)3-8)6-11-13-7-14-18-11/h1-3,7H,4-6H2,(H,16,17). The maximum atomic E-state index is 10.9. The first-order valence-corrected chi connectivity index (χ1v) is 5.55. The summed E-state index contributed by atoms with van der Waals surface area (Å²) in [5.41, 5.74) is 2.53. The Morgan fingerprint density at radius 1 is 1.39 bits per heavy atom. The van der Waals surface area contributed by atoms with Gasteiger partial charge in [-0.2, -0.15) is 4.98 Å². The van der Waals surface area contributed by atoms with Crippen molar-refractivity contribution >= 4 is 5.97 Å². The van der Waals surface area contributed by atoms with Gasteiger partial charge in [-0.15, -0.1) is 0 Å². The molecule has 6 heteroatoms. The van der Waals surface area contributed by atoms with Crippen molar-refractivity contribution < 1.29 is 14.4 Å². The van der Waals surface area contributed by atoms with E-state index in [2.05, 4.69) is 15.0 Å². The molecular formula is C12H11N3O3. The highest BCUT2D eigenvalue weighted by atomic mass is 16.5. The predicted molar refractivity (Wildman–Crippen MR) is 60.7 cm³/mol. The first-order valence-electron chi connectivity index (χ1n) is 5.55. The van der Waals surface area contributed by atoms with Gasteiger partial charge in [0.1, 0.15) is 0 Å². The normalized spacial score (nSPS) is 14.7. The molecule has 0 atom stereocenters. The van der Waals surface area contributed by atoms with E-state index >= 15 is 0 Å². The maximum Gasteiger partial charge on any atom is 0.335 e. The number of carboxylic acids is 1. The number of hydrogen-bond acceptors (Lipinski definition) is 5. The van der Waals surface area contributed by atoms with E-state index in [9.17, 15) is 4.79 Å². The summed E-state index contributed by atoms with van der Waals surface area (Å²) in [6.07, 6.45) is 1.38. The van der Waals surface area contributed by atoms with Crippen molar-refractivity contribution in [3.63, 3.8) is 0 Å². The summed E-state index contributed by atoms with van der Waals surface area (Å²) in [5.74, 6) is -0.325. The van der Waals surface area contributed by atoms with Crippen LogP contribution in [0.3, 0.4) is 0 Å². The molecule has 92 valence electrons. The van der Waals surface area contributed by atoms with Crippen LogP contribution in [0.1, 0.15) is 27.4 Å². The van der Waals surface area contributed by atoms with E-state index < -0.39 is 5.97 Å². The van der Waals surface area contributed by atoms with E-state index in [1.807, 2.05) is 6.07 Å². The first kappa shape index (κ1) is 10.9. The highest BCUT2D eigenvalue weighted by Gasteiger charge is 2.21. The lowest BCUT2D eigenvalue weighted by molar-refractivity contribution is 0.0696. The molecule has 0 bridgehead atoms. The predicted octanol–water partition coefficient (Wildman–Crippen LogP) is 1.28. The number of rotatable bonds is 3. The fourth-order valence-electron chi connectivity index (χ4n) is 2.17. The van der Waals surface area contributed by atoms with Crippen LogP contribution in [0, 0.1) is 0 Å². The summed E-state index contributed by atoms with van der Waals surface area (Å²) in [6, 6.07) is 5.23. The monoisotopic (exact) mass is 245 g/mol. The molecule has 0 spiro atoms. The summed E-state index contributed by atoms with van der Waals surface area (Å²) in [6.45, 7) is 2.06. The fraction of sp³-hybridized carbons (Fsp3) is 0.250. The van der Waals surface area contributed by atoms with Gasteiger partial charge in [-0.3, -0.25) is 4.90 Å². The number of benzene rings is 1. The second-order valence-corrected chi connectivity index (χ2v) is 4.27. The average molecular weight is 245 g/mol. The molecular weight excluding hydrogens is 234 g/mol. The third-order valence-corrected chi connectivity index (χ3v) is 3.01. The van der Waals surface area contributed by atoms with Crippen molar-refractivity contribution in [1.82, 2.24) is 15.0 Å². The van der Waals surface area contributed by atoms with Gasteiger partial charge in [-0.1, -0.05) is 11.2 Å². The molecule has 18 heavy (non-hydrogen) atoms. The Labute approximate surface area is 103 Å². The second kappa shape index (κ2) is 4.23. The molecule has 2 heterocycles. The Bertz CT molecular complexity index is 580. The molecule has 1 aliphatic heterocycles. The summed E-state index contributed by atoms with van der Waals surface area (Å²) in [7, 11) is 0. The Hall–Kier alpha value is -2.21. The van der Waals surface area contributed by atoms with Crippen molar-refractivity contribution in [3.05, 3.63) is 47.1 Å². The van der Waals surface area contributed by atoms with Gasteiger partial charge in [0.15, 0.2) is 6.33 Å². The van der Waals surface area contributed by atoms with Crippen LogP contribution in [0.2, 0.25) is 0 Å². The lowest BCUT2D eigenvalue weighted by Crippen LogP contribution is -2.15. The SMILES string of the molecule is O=C(O)c1ccc2c(c1)CN(Cc1ncno1)C2. The zero-order valence-corrected chi connectivity index (χ0v) is 9.54. The molecule has 1 aliphatic rings. The Morgan fingerprint density at radius 3 is 2.94 bits per heavy atom. The quantitative estimate of drug-likeness (QED) is 0.877. The summed E-state index contributed by atoms with van der Waals surface area (Å²) in [5, 5.41) is 12.5. The third kappa shape index (κ3) is 1.98. The maximum absolute atomic E-state index is 10.9. The van der Waals surface area contributed by atoms with Crippen molar-refractivity contribution in [2.45, 2.75) is 19.6 Å². The van der Waals surface area contributed by atoms with Crippen LogP contribution < -0.4 is 0 Å². The minimum Gasteiger partial charge on any atom is -0.478 e. The molecule has 0 saturated heterocycles. The molecule has 1 aromatic carbocycles. The zero-order valence-electron chi connectivity index (χ0n) is 9.54. The molecule has 3 rings (SSSR count). The summed E-state index contributed by atoms with van der Waals surface area (Å²) in [4.78, 5) is 17.0. The molecule has 1 N–H and O–H groups in total. The van der Waals surface area contributed by atoms with Crippen LogP contribution in [0.25, 0.3) is 0 Å². The lowest BCUT2D eigenvalue weighted by Gasteiger charge is -2.10. The number of carbonyl (C=O) groups is 1. The van der Waals surface area contributed by atoms with Gasteiger partial charge in [0, 0.05) is 13.1 Å². The van der Waals surface area contributed by atoms with E-state index in [0.29, 0.717) is 24.5 Å². The van der Waals surface area contributed by atoms with Crippen LogP contribution in [0.5, 0.6) is 0 Å². The van der Waals surface area contributed by atoms with Gasteiger partial charge in [0.2, 0.25) is 5.89 Å². The van der Waals surface area contributed by atoms with E-state index in [1.165, 1.54) is 6.33 Å². The molecule has 2 aromatic rings. The Kier molecular flexibility index (Phi) is 2.56. The number of aromatic nitrogens is 2. The van der Waals surface area contributed by atoms with Crippen LogP contribution in [-0.4, -0.2) is 26.1 Å². The number of fused-ring (bicyclic) bond motifs is 1. The largest absolute Gasteiger partial charge is 0.478 e. The molecule has 0 aliphatic carbocycles. The molecule has 6 nitrogen and oxygen atoms in total. The van der Waals surface area contributed by atoms with Crippen LogP contribution in [-0.2, 0) is 19.6 Å². The topological polar surface area (TPSA) is 79.5 Å². The van der Waals surface area contributed by atoms with Gasteiger partial charge in [-0.25, -0.2) is 4.79 Å². The van der Waals surface area contributed by atoms with Gasteiger partial charge in [0.25, 0.3) is 0 Å². The van der Waals surface area contributed by atoms with Crippen molar-refractivity contribution in [2.24, 2.45) is 0 Å². The average Bonchev–Trinajstić information content (AvgIpc) is 2.96. The smallest absolute Gasteiger partial charge is 0.335 e. The van der Waals surface area contributed by atoms with E-state index in [-0.39, 0.29) is 0 Å². The zero-order chi connectivity index (χ0) is 12.5. The number of carboxylic acid groups (broad SMARTS) is 1. The Balaban J connectivity index is 1.77. The highest BCUT2D eigenvalue weighted by Crippen LogP contribution is 2.24. The second-order valence-electron chi connectivity index (χ2n) is 4.27. The third-order valence-electron chi connectivity index (χ3n) is 3.01. The minimum absolute atomic E-state index is 0.327. The molecule has 0 amide bonds. The van der Waals surface area contributed by atoms with Gasteiger partial charge >= 0.3 is 5.97 Å². The number of aromatic carboxylic acids is 1. The Morgan fingerprint density at radius 2 is 2.22 bits per heavy atom. The molecule has 0 saturated carbocycles. The summed E-state index contributed by atoms with van der Waals surface area (Å²) >= 11 is 0. The van der Waals surface area contributed by atoms with Gasteiger partial charge < -0.3 is 9.63 Å². The van der Waals surface area contributed by atoms with Crippen LogP contribution >= 0.6 is 0 Å². The first-order chi connectivity index (χ1) is 8.72. The van der Waals surface area contributed by atoms with Crippen molar-refractivity contribution in [1.29, 1.82) is 0 Å². The molecule has 1 aromatic heterocycles. The molecule has 0 radical (unpaired) electrons. The van der Waals surface area contributed by atoms with E-state index in [4.69, 9.17) is 9.63 Å². The van der Waals surface area contributed by atoms with Crippen LogP contribution in [0.15, 0.2) is 29.0 Å². The van der Waals surface area contributed by atoms with Gasteiger partial charge in [0.05, 0.1) is 12.1 Å². The minimum atomic E-state index is -0.895. The van der Waals surface area contributed by atoms with E-state index in [0.717, 1.165) is 17.7 Å². The van der Waals surface area contributed by atoms with Crippen LogP contribution in [0.4, 0.5) is 0 Å². The van der Waals surface area contributed by atoms with Gasteiger partial charge in [-0.05, 0) is 23.3 Å². The fourth-order valence-corrected chi connectivity index (χ4v) is 2.17. The van der Waals surface area contributed by atoms with Crippen molar-refractivity contribution in [3.8, 4) is 0 Å². The molecule has 0 unspecified atom stereocenters. The molecule has 0 fully saturated rings. The van der Waals surface area contributed by atoms with E-state index in [1.54, 1.807) is 12.1 Å². The number of nitrogens with zero attached hydrogens (tertiary/aromatic N) is 3.